The number of carboxylic acids is 1. The van der Waals surface area contributed by atoms with Crippen molar-refractivity contribution in [2.24, 2.45) is 0 Å². The highest BCUT2D eigenvalue weighted by molar-refractivity contribution is 6.08. The molecule has 0 amide bonds. The van der Waals surface area contributed by atoms with Crippen molar-refractivity contribution in [3.63, 3.8) is 0 Å². The molecule has 1 aliphatic carbocycles. The summed E-state index contributed by atoms with van der Waals surface area (Å²) >= 11 is 0. The SMILES string of the molecule is CCn1c2ccccc2c2cc(C3(C(=O)O)CCCCC3)ccc21. The molecule has 24 heavy (non-hydrogen) atoms. The van der Waals surface area contributed by atoms with Gasteiger partial charge in [0.2, 0.25) is 0 Å². The van der Waals surface area contributed by atoms with E-state index in [4.69, 9.17) is 0 Å². The van der Waals surface area contributed by atoms with Gasteiger partial charge >= 0.3 is 5.97 Å². The number of aromatic nitrogens is 1. The first-order valence-electron chi connectivity index (χ1n) is 8.92. The van der Waals surface area contributed by atoms with Crippen molar-refractivity contribution < 1.29 is 9.90 Å². The molecule has 0 atom stereocenters. The number of carboxylic acid groups (broad SMARTS) is 1. The number of nitrogens with zero attached hydrogens (tertiary/aromatic N) is 1. The lowest BCUT2D eigenvalue weighted by molar-refractivity contribution is -0.145. The number of benzene rings is 2. The van der Waals surface area contributed by atoms with Crippen LogP contribution in [0.4, 0.5) is 0 Å². The minimum absolute atomic E-state index is 0.666. The van der Waals surface area contributed by atoms with Gasteiger partial charge in [-0.15, -0.1) is 0 Å². The van der Waals surface area contributed by atoms with E-state index in [1.165, 1.54) is 21.8 Å². The fraction of sp³-hybridized carbons (Fsp3) is 0.381. The van der Waals surface area contributed by atoms with Crippen molar-refractivity contribution in [1.82, 2.24) is 4.57 Å². The lowest BCUT2D eigenvalue weighted by atomic mass is 9.69. The molecule has 0 aliphatic heterocycles. The van der Waals surface area contributed by atoms with Crippen molar-refractivity contribution in [2.75, 3.05) is 0 Å². The third kappa shape index (κ3) is 2.07. The van der Waals surface area contributed by atoms with Gasteiger partial charge in [0.05, 0.1) is 5.41 Å². The van der Waals surface area contributed by atoms with E-state index in [2.05, 4.69) is 47.9 Å². The molecule has 2 aromatic carbocycles. The van der Waals surface area contributed by atoms with Gasteiger partial charge in [0.15, 0.2) is 0 Å². The summed E-state index contributed by atoms with van der Waals surface area (Å²) in [4.78, 5) is 12.1. The Morgan fingerprint density at radius 2 is 1.75 bits per heavy atom. The van der Waals surface area contributed by atoms with Crippen LogP contribution in [-0.2, 0) is 16.8 Å². The van der Waals surface area contributed by atoms with E-state index in [-0.39, 0.29) is 0 Å². The van der Waals surface area contributed by atoms with Crippen LogP contribution in [0.5, 0.6) is 0 Å². The number of hydrogen-bond donors (Lipinski definition) is 1. The Kier molecular flexibility index (Phi) is 3.60. The maximum absolute atomic E-state index is 12.1. The normalized spacial score (nSPS) is 17.4. The van der Waals surface area contributed by atoms with Crippen LogP contribution in [0.25, 0.3) is 21.8 Å². The van der Waals surface area contributed by atoms with Crippen molar-refractivity contribution in [1.29, 1.82) is 0 Å². The van der Waals surface area contributed by atoms with Gasteiger partial charge in [-0.1, -0.05) is 43.5 Å². The Labute approximate surface area is 141 Å². The molecule has 4 rings (SSSR count). The smallest absolute Gasteiger partial charge is 0.314 e. The second kappa shape index (κ2) is 5.66. The third-order valence-corrected chi connectivity index (χ3v) is 5.76. The van der Waals surface area contributed by atoms with E-state index < -0.39 is 11.4 Å². The van der Waals surface area contributed by atoms with Gasteiger partial charge in [-0.2, -0.15) is 0 Å². The fourth-order valence-corrected chi connectivity index (χ4v) is 4.47. The summed E-state index contributed by atoms with van der Waals surface area (Å²) in [7, 11) is 0. The first-order chi connectivity index (χ1) is 11.7. The predicted octanol–water partition coefficient (Wildman–Crippen LogP) is 5.10. The number of para-hydroxylation sites is 1. The second-order valence-corrected chi connectivity index (χ2v) is 6.94. The maximum atomic E-state index is 12.1. The Hall–Kier alpha value is -2.29. The molecule has 3 heteroatoms. The van der Waals surface area contributed by atoms with Crippen LogP contribution in [0.15, 0.2) is 42.5 Å². The highest BCUT2D eigenvalue weighted by atomic mass is 16.4. The van der Waals surface area contributed by atoms with E-state index in [1.807, 2.05) is 6.07 Å². The standard InChI is InChI=1S/C21H23NO2/c1-2-22-18-9-5-4-8-16(18)17-14-15(10-11-19(17)22)21(20(23)24)12-6-3-7-13-21/h4-5,8-11,14H,2-3,6-7,12-13H2,1H3,(H,23,24). The predicted molar refractivity (Wildman–Crippen MR) is 97.5 cm³/mol. The molecule has 3 aromatic rings. The van der Waals surface area contributed by atoms with Crippen LogP contribution >= 0.6 is 0 Å². The number of carbonyl (C=O) groups is 1. The van der Waals surface area contributed by atoms with Gasteiger partial charge in [0.1, 0.15) is 0 Å². The van der Waals surface area contributed by atoms with E-state index in [1.54, 1.807) is 0 Å². The van der Waals surface area contributed by atoms with Crippen LogP contribution in [0.3, 0.4) is 0 Å². The highest BCUT2D eigenvalue weighted by Gasteiger charge is 2.41. The zero-order valence-corrected chi connectivity index (χ0v) is 14.1. The van der Waals surface area contributed by atoms with Crippen molar-refractivity contribution in [2.45, 2.75) is 51.0 Å². The van der Waals surface area contributed by atoms with Crippen LogP contribution < -0.4 is 0 Å². The van der Waals surface area contributed by atoms with Gasteiger partial charge in [-0.25, -0.2) is 0 Å². The topological polar surface area (TPSA) is 42.2 Å². The summed E-state index contributed by atoms with van der Waals surface area (Å²) in [5.41, 5.74) is 2.68. The molecule has 1 aliphatic rings. The molecule has 1 N–H and O–H groups in total. The lowest BCUT2D eigenvalue weighted by Crippen LogP contribution is -2.37. The molecule has 0 saturated heterocycles. The molecule has 3 nitrogen and oxygen atoms in total. The monoisotopic (exact) mass is 321 g/mol. The first-order valence-corrected chi connectivity index (χ1v) is 8.92. The third-order valence-electron chi connectivity index (χ3n) is 5.76. The Morgan fingerprint density at radius 3 is 2.46 bits per heavy atom. The second-order valence-electron chi connectivity index (χ2n) is 6.94. The van der Waals surface area contributed by atoms with E-state index >= 15 is 0 Å². The molecular weight excluding hydrogens is 298 g/mol. The molecule has 1 fully saturated rings. The minimum atomic E-state index is -0.706. The average Bonchev–Trinajstić information content (AvgIpc) is 2.95. The summed E-state index contributed by atoms with van der Waals surface area (Å²) in [6.07, 6.45) is 4.65. The van der Waals surface area contributed by atoms with Crippen molar-refractivity contribution in [3.8, 4) is 0 Å². The van der Waals surface area contributed by atoms with Crippen LogP contribution in [0.1, 0.15) is 44.6 Å². The number of rotatable bonds is 3. The molecule has 1 saturated carbocycles. The molecule has 0 bridgehead atoms. The summed E-state index contributed by atoms with van der Waals surface area (Å²) in [6.45, 7) is 3.06. The quantitative estimate of drug-likeness (QED) is 0.729. The molecule has 1 heterocycles. The van der Waals surface area contributed by atoms with Crippen LogP contribution in [0.2, 0.25) is 0 Å². The fourth-order valence-electron chi connectivity index (χ4n) is 4.47. The van der Waals surface area contributed by atoms with Crippen molar-refractivity contribution >= 4 is 27.8 Å². The number of fused-ring (bicyclic) bond motifs is 3. The van der Waals surface area contributed by atoms with E-state index in [9.17, 15) is 9.90 Å². The van der Waals surface area contributed by atoms with E-state index in [0.29, 0.717) is 0 Å². The summed E-state index contributed by atoms with van der Waals surface area (Å²) < 4.78 is 2.31. The first kappa shape index (κ1) is 15.3. The molecule has 0 unspecified atom stereocenters. The molecule has 1 aromatic heterocycles. The van der Waals surface area contributed by atoms with Crippen molar-refractivity contribution in [3.05, 3.63) is 48.0 Å². The lowest BCUT2D eigenvalue weighted by Gasteiger charge is -2.33. The van der Waals surface area contributed by atoms with Gasteiger partial charge in [-0.05, 0) is 43.5 Å². The Balaban J connectivity index is 1.98. The zero-order valence-electron chi connectivity index (χ0n) is 14.1. The number of aliphatic carboxylic acids is 1. The van der Waals surface area contributed by atoms with Gasteiger partial charge < -0.3 is 9.67 Å². The highest BCUT2D eigenvalue weighted by Crippen LogP contribution is 2.42. The Morgan fingerprint density at radius 1 is 1.04 bits per heavy atom. The number of hydrogen-bond acceptors (Lipinski definition) is 1. The van der Waals surface area contributed by atoms with Gasteiger partial charge in [0, 0.05) is 28.4 Å². The molecular formula is C21H23NO2. The van der Waals surface area contributed by atoms with Gasteiger partial charge in [0.25, 0.3) is 0 Å². The molecule has 124 valence electrons. The van der Waals surface area contributed by atoms with E-state index in [0.717, 1.165) is 44.2 Å². The average molecular weight is 321 g/mol. The Bertz CT molecular complexity index is 916. The maximum Gasteiger partial charge on any atom is 0.314 e. The summed E-state index contributed by atoms with van der Waals surface area (Å²) in [5, 5.41) is 12.4. The molecule has 0 spiro atoms. The van der Waals surface area contributed by atoms with Gasteiger partial charge in [-0.3, -0.25) is 4.79 Å². The van der Waals surface area contributed by atoms with Crippen LogP contribution in [0, 0.1) is 0 Å². The molecule has 0 radical (unpaired) electrons. The minimum Gasteiger partial charge on any atom is -0.481 e. The summed E-state index contributed by atoms with van der Waals surface area (Å²) in [5.74, 6) is -0.666. The largest absolute Gasteiger partial charge is 0.481 e. The zero-order chi connectivity index (χ0) is 16.7. The summed E-state index contributed by atoms with van der Waals surface area (Å²) in [6, 6.07) is 14.7. The number of aryl methyl sites for hydroxylation is 1. The van der Waals surface area contributed by atoms with Crippen LogP contribution in [-0.4, -0.2) is 15.6 Å².